The number of hydrogen-bond acceptors (Lipinski definition) is 7. The number of anilines is 1. The Morgan fingerprint density at radius 3 is 2.54 bits per heavy atom. The first-order valence-corrected chi connectivity index (χ1v) is 14.2. The predicted octanol–water partition coefficient (Wildman–Crippen LogP) is 5.31. The quantitative estimate of drug-likeness (QED) is 0.246. The minimum atomic E-state index is -0.141. The smallest absolute Gasteiger partial charge is 0.180 e. The number of nitrogens with one attached hydrogen (secondary N) is 1. The van der Waals surface area contributed by atoms with Gasteiger partial charge < -0.3 is 16.0 Å². The normalized spacial score (nSPS) is 19.8. The van der Waals surface area contributed by atoms with Crippen LogP contribution in [0, 0.1) is 5.41 Å². The monoisotopic (exact) mass is 533 g/mol. The summed E-state index contributed by atoms with van der Waals surface area (Å²) in [6, 6.07) is 6.18. The molecule has 0 spiro atoms. The number of rotatable bonds is 10. The van der Waals surface area contributed by atoms with Gasteiger partial charge in [-0.25, -0.2) is 9.55 Å². The van der Waals surface area contributed by atoms with Gasteiger partial charge in [0.05, 0.1) is 17.4 Å². The van der Waals surface area contributed by atoms with E-state index in [0.717, 1.165) is 46.2 Å². The summed E-state index contributed by atoms with van der Waals surface area (Å²) in [6.45, 7) is 27.0. The average Bonchev–Trinajstić information content (AvgIpc) is 3.28. The number of aliphatic imine (C=N–C) groups is 1. The maximum Gasteiger partial charge on any atom is 0.180 e. The molecule has 2 aromatic heterocycles. The summed E-state index contributed by atoms with van der Waals surface area (Å²) in [5, 5.41) is 6.27. The molecule has 0 aromatic carbocycles. The Balaban J connectivity index is 1.55. The molecule has 37 heavy (non-hydrogen) atoms. The number of hydrogen-bond donors (Lipinski definition) is 2. The number of pyridine rings is 1. The van der Waals surface area contributed by atoms with Crippen molar-refractivity contribution in [3.63, 3.8) is 0 Å². The van der Waals surface area contributed by atoms with Gasteiger partial charge in [-0.1, -0.05) is 51.8 Å². The number of aromatic nitrogens is 2. The number of allylic oxidation sites excluding steroid dienone is 2. The van der Waals surface area contributed by atoms with Crippen LogP contribution in [-0.2, 0) is 6.54 Å². The van der Waals surface area contributed by atoms with Crippen LogP contribution in [0.25, 0.3) is 0 Å². The van der Waals surface area contributed by atoms with Crippen molar-refractivity contribution in [1.29, 1.82) is 0 Å². The summed E-state index contributed by atoms with van der Waals surface area (Å²) in [6.07, 6.45) is 4.20. The first-order valence-electron chi connectivity index (χ1n) is 12.3. The largest absolute Gasteiger partial charge is 0.375 e. The maximum absolute atomic E-state index is 5.96. The van der Waals surface area contributed by atoms with Crippen molar-refractivity contribution in [2.75, 3.05) is 18.0 Å². The molecular weight excluding hydrogens is 496 g/mol. The fourth-order valence-electron chi connectivity index (χ4n) is 4.35. The van der Waals surface area contributed by atoms with Crippen LogP contribution in [0.1, 0.15) is 33.4 Å². The molecule has 4 heterocycles. The third-order valence-electron chi connectivity index (χ3n) is 6.94. The lowest BCUT2D eigenvalue weighted by atomic mass is 9.86. The third kappa shape index (κ3) is 5.60. The summed E-state index contributed by atoms with van der Waals surface area (Å²) in [7, 11) is 0. The van der Waals surface area contributed by atoms with Gasteiger partial charge in [0.2, 0.25) is 0 Å². The van der Waals surface area contributed by atoms with Crippen LogP contribution in [0.4, 0.5) is 5.13 Å². The SMILES string of the molecule is C=C(C)C1=C(C[n+]2ccccc2)CSC2[C@H](NC(=C)/C(=N\CC(C)(C)C(=C)C)c3csc(N)n3)C(=C)N12. The lowest BCUT2D eigenvalue weighted by Gasteiger charge is -2.55. The molecule has 0 aliphatic carbocycles. The lowest BCUT2D eigenvalue weighted by Crippen LogP contribution is -2.63. The van der Waals surface area contributed by atoms with Crippen molar-refractivity contribution < 1.29 is 4.57 Å². The average molecular weight is 534 g/mol. The summed E-state index contributed by atoms with van der Waals surface area (Å²) in [5.41, 5.74) is 13.7. The number of nitrogens with two attached hydrogens (primary N) is 1. The topological polar surface area (TPSA) is 70.4 Å². The second-order valence-corrected chi connectivity index (χ2v) is 12.3. The summed E-state index contributed by atoms with van der Waals surface area (Å²) < 4.78 is 2.20. The molecule has 8 heteroatoms. The zero-order valence-electron chi connectivity index (χ0n) is 22.3. The zero-order valence-corrected chi connectivity index (χ0v) is 23.9. The highest BCUT2D eigenvalue weighted by molar-refractivity contribution is 8.00. The Morgan fingerprint density at radius 1 is 1.24 bits per heavy atom. The molecule has 1 unspecified atom stereocenters. The Labute approximate surface area is 229 Å². The Bertz CT molecular complexity index is 1300. The maximum atomic E-state index is 5.96. The van der Waals surface area contributed by atoms with Gasteiger partial charge >= 0.3 is 0 Å². The highest BCUT2D eigenvalue weighted by Gasteiger charge is 2.48. The van der Waals surface area contributed by atoms with Crippen molar-refractivity contribution in [1.82, 2.24) is 15.2 Å². The van der Waals surface area contributed by atoms with Crippen molar-refractivity contribution in [2.45, 2.75) is 45.7 Å². The van der Waals surface area contributed by atoms with Crippen LogP contribution in [0.3, 0.4) is 0 Å². The number of thiazole rings is 1. The van der Waals surface area contributed by atoms with Crippen LogP contribution >= 0.6 is 23.1 Å². The first-order chi connectivity index (χ1) is 17.5. The second-order valence-electron chi connectivity index (χ2n) is 10.3. The highest BCUT2D eigenvalue weighted by atomic mass is 32.2. The molecule has 6 nitrogen and oxygen atoms in total. The molecule has 2 aliphatic rings. The van der Waals surface area contributed by atoms with Crippen LogP contribution < -0.4 is 15.6 Å². The lowest BCUT2D eigenvalue weighted by molar-refractivity contribution is -0.689. The zero-order chi connectivity index (χ0) is 26.9. The predicted molar refractivity (Wildman–Crippen MR) is 158 cm³/mol. The standard InChI is InChI=1S/C29H37N6S2/c1-18(2)26-22(14-34-12-10-9-11-13-34)15-36-27-25(21(6)35(26)27)32-20(5)24(23-16-37-28(30)33-23)31-17-29(7,8)19(3)4/h9-13,16,25,27,32H,1,3,5-6,14-15,17H2,2,4,7-8H3,(H2,30,33)/q+1/b31-24+/t25-,27?/m1/s1. The molecule has 2 aliphatic heterocycles. The van der Waals surface area contributed by atoms with Gasteiger partial charge in [-0.15, -0.1) is 23.1 Å². The summed E-state index contributed by atoms with van der Waals surface area (Å²) in [4.78, 5) is 11.8. The van der Waals surface area contributed by atoms with Gasteiger partial charge in [0.1, 0.15) is 16.8 Å². The van der Waals surface area contributed by atoms with E-state index in [1.54, 1.807) is 0 Å². The Kier molecular flexibility index (Phi) is 7.80. The molecule has 0 amide bonds. The second kappa shape index (κ2) is 10.7. The summed E-state index contributed by atoms with van der Waals surface area (Å²) in [5.74, 6) is 0.930. The van der Waals surface area contributed by atoms with E-state index >= 15 is 0 Å². The van der Waals surface area contributed by atoms with Gasteiger partial charge in [-0.05, 0) is 19.4 Å². The number of nitrogen functional groups attached to an aromatic ring is 1. The molecule has 194 valence electrons. The van der Waals surface area contributed by atoms with Crippen molar-refractivity contribution >= 4 is 33.9 Å². The van der Waals surface area contributed by atoms with Crippen LogP contribution in [-0.4, -0.2) is 39.3 Å². The van der Waals surface area contributed by atoms with Crippen molar-refractivity contribution in [2.24, 2.45) is 10.4 Å². The van der Waals surface area contributed by atoms with E-state index in [9.17, 15) is 0 Å². The van der Waals surface area contributed by atoms with E-state index in [-0.39, 0.29) is 16.8 Å². The van der Waals surface area contributed by atoms with Crippen LogP contribution in [0.5, 0.6) is 0 Å². The van der Waals surface area contributed by atoms with E-state index in [1.165, 1.54) is 22.6 Å². The molecule has 0 bridgehead atoms. The first kappa shape index (κ1) is 26.9. The molecule has 0 saturated carbocycles. The van der Waals surface area contributed by atoms with Crippen LogP contribution in [0.15, 0.2) is 101 Å². The minimum Gasteiger partial charge on any atom is -0.375 e. The van der Waals surface area contributed by atoms with E-state index < -0.39 is 0 Å². The van der Waals surface area contributed by atoms with E-state index in [1.807, 2.05) is 30.1 Å². The molecule has 2 aromatic rings. The van der Waals surface area contributed by atoms with E-state index in [0.29, 0.717) is 11.7 Å². The third-order valence-corrected chi connectivity index (χ3v) is 8.95. The molecular formula is C29H37N6S2+. The van der Waals surface area contributed by atoms with Gasteiger partial charge in [0.15, 0.2) is 24.1 Å². The summed E-state index contributed by atoms with van der Waals surface area (Å²) >= 11 is 3.32. The molecule has 1 fully saturated rings. The van der Waals surface area contributed by atoms with Crippen molar-refractivity contribution in [3.05, 3.63) is 102 Å². The molecule has 3 N–H and O–H groups in total. The number of fused-ring (bicyclic) bond motifs is 1. The molecule has 4 rings (SSSR count). The fraction of sp³-hybridized carbons (Fsp3) is 0.345. The Hall–Kier alpha value is -3.10. The minimum absolute atomic E-state index is 0.0353. The van der Waals surface area contributed by atoms with E-state index in [4.69, 9.17) is 10.7 Å². The van der Waals surface area contributed by atoms with Crippen LogP contribution in [0.2, 0.25) is 0 Å². The van der Waals surface area contributed by atoms with Crippen molar-refractivity contribution in [3.8, 4) is 0 Å². The fourth-order valence-corrected chi connectivity index (χ4v) is 6.30. The van der Waals surface area contributed by atoms with E-state index in [2.05, 4.69) is 91.4 Å². The van der Waals surface area contributed by atoms with Gasteiger partial charge in [0, 0.05) is 46.5 Å². The highest BCUT2D eigenvalue weighted by Crippen LogP contribution is 2.47. The Morgan fingerprint density at radius 2 is 1.95 bits per heavy atom. The number of nitrogens with zero attached hydrogens (tertiary/aromatic N) is 4. The molecule has 2 atom stereocenters. The molecule has 1 saturated heterocycles. The number of thioether (sulfide) groups is 1. The molecule has 0 radical (unpaired) electrons. The van der Waals surface area contributed by atoms with Gasteiger partial charge in [-0.3, -0.25) is 4.99 Å². The van der Waals surface area contributed by atoms with Gasteiger partial charge in [0.25, 0.3) is 0 Å². The van der Waals surface area contributed by atoms with Gasteiger partial charge in [-0.2, -0.15) is 0 Å².